The number of carbonyl (C=O) groups is 2. The zero-order valence-electron chi connectivity index (χ0n) is 17.1. The van der Waals surface area contributed by atoms with Crippen LogP contribution in [-0.4, -0.2) is 44.6 Å². The lowest BCUT2D eigenvalue weighted by molar-refractivity contribution is -0.128. The third kappa shape index (κ3) is 4.91. The van der Waals surface area contributed by atoms with Gasteiger partial charge in [0.2, 0.25) is 15.9 Å². The zero-order chi connectivity index (χ0) is 20.9. The second-order valence-corrected chi connectivity index (χ2v) is 10.0. The summed E-state index contributed by atoms with van der Waals surface area (Å²) in [6.07, 6.45) is 6.57. The Balaban J connectivity index is 1.78. The fourth-order valence-electron chi connectivity index (χ4n) is 4.13. The van der Waals surface area contributed by atoms with Crippen LogP contribution < -0.4 is 14.9 Å². The van der Waals surface area contributed by atoms with Gasteiger partial charge in [0, 0.05) is 18.7 Å². The highest BCUT2D eigenvalue weighted by atomic mass is 32.2. The highest BCUT2D eigenvalue weighted by Crippen LogP contribution is 2.30. The van der Waals surface area contributed by atoms with Crippen LogP contribution in [0.5, 0.6) is 0 Å². The van der Waals surface area contributed by atoms with E-state index < -0.39 is 15.6 Å². The molecule has 1 aliphatic carbocycles. The van der Waals surface area contributed by atoms with Crippen LogP contribution in [0.1, 0.15) is 68.6 Å². The smallest absolute Gasteiger partial charge is 0.252 e. The lowest BCUT2D eigenvalue weighted by Crippen LogP contribution is -2.59. The summed E-state index contributed by atoms with van der Waals surface area (Å²) >= 11 is 0. The number of hydrogen-bond acceptors (Lipinski definition) is 4. The quantitative estimate of drug-likeness (QED) is 0.662. The predicted molar refractivity (Wildman–Crippen MR) is 113 cm³/mol. The van der Waals surface area contributed by atoms with Crippen molar-refractivity contribution in [1.82, 2.24) is 10.6 Å². The largest absolute Gasteiger partial charge is 0.354 e. The first-order valence-electron chi connectivity index (χ1n) is 10.6. The highest BCUT2D eigenvalue weighted by molar-refractivity contribution is 7.93. The summed E-state index contributed by atoms with van der Waals surface area (Å²) in [5.41, 5.74) is -0.0186. The molecule has 0 radical (unpaired) electrons. The van der Waals surface area contributed by atoms with Gasteiger partial charge in [-0.1, -0.05) is 38.7 Å². The van der Waals surface area contributed by atoms with Gasteiger partial charge >= 0.3 is 0 Å². The van der Waals surface area contributed by atoms with E-state index in [9.17, 15) is 18.0 Å². The molecule has 1 saturated carbocycles. The molecule has 2 N–H and O–H groups in total. The van der Waals surface area contributed by atoms with Crippen LogP contribution in [0.25, 0.3) is 0 Å². The molecule has 1 aliphatic heterocycles. The van der Waals surface area contributed by atoms with E-state index in [0.717, 1.165) is 32.1 Å². The molecule has 0 unspecified atom stereocenters. The highest BCUT2D eigenvalue weighted by Gasteiger charge is 2.41. The molecule has 2 aliphatic rings. The molecule has 7 nitrogen and oxygen atoms in total. The summed E-state index contributed by atoms with van der Waals surface area (Å²) in [6, 6.07) is 6.65. The second-order valence-electron chi connectivity index (χ2n) is 8.00. The van der Waals surface area contributed by atoms with E-state index in [1.807, 2.05) is 0 Å². The van der Waals surface area contributed by atoms with Crippen molar-refractivity contribution in [3.63, 3.8) is 0 Å². The molecule has 1 heterocycles. The number of hydrogen-bond donors (Lipinski definition) is 2. The van der Waals surface area contributed by atoms with Gasteiger partial charge in [0.25, 0.3) is 5.91 Å². The minimum Gasteiger partial charge on any atom is -0.354 e. The van der Waals surface area contributed by atoms with Crippen LogP contribution in [0.4, 0.5) is 5.69 Å². The van der Waals surface area contributed by atoms with Crippen molar-refractivity contribution >= 4 is 27.5 Å². The first-order chi connectivity index (χ1) is 13.9. The van der Waals surface area contributed by atoms with Crippen LogP contribution in [0, 0.1) is 0 Å². The molecular formula is C21H31N3O4S. The SMILES string of the molecule is CCCCNC(=O)C1(NC(=O)c2cccc(N3CCCS3(=O)=O)c2)CCCCC1. The van der Waals surface area contributed by atoms with Gasteiger partial charge in [-0.2, -0.15) is 0 Å². The average Bonchev–Trinajstić information content (AvgIpc) is 3.08. The summed E-state index contributed by atoms with van der Waals surface area (Å²) in [4.78, 5) is 25.9. The fraction of sp³-hybridized carbons (Fsp3) is 0.619. The van der Waals surface area contributed by atoms with E-state index in [2.05, 4.69) is 17.6 Å². The Labute approximate surface area is 173 Å². The van der Waals surface area contributed by atoms with Gasteiger partial charge in [-0.15, -0.1) is 0 Å². The molecule has 0 bridgehead atoms. The topological polar surface area (TPSA) is 95.6 Å². The van der Waals surface area contributed by atoms with Crippen molar-refractivity contribution in [2.45, 2.75) is 63.8 Å². The molecule has 0 aromatic heterocycles. The Kier molecular flexibility index (Phi) is 6.82. The van der Waals surface area contributed by atoms with Crippen LogP contribution in [0.3, 0.4) is 0 Å². The van der Waals surface area contributed by atoms with Gasteiger partial charge in [0.05, 0.1) is 11.4 Å². The average molecular weight is 422 g/mol. The first-order valence-corrected chi connectivity index (χ1v) is 12.2. The fourth-order valence-corrected chi connectivity index (χ4v) is 5.69. The van der Waals surface area contributed by atoms with Crippen molar-refractivity contribution in [3.05, 3.63) is 29.8 Å². The molecule has 8 heteroatoms. The van der Waals surface area contributed by atoms with Gasteiger partial charge in [0.15, 0.2) is 0 Å². The molecule has 2 amide bonds. The van der Waals surface area contributed by atoms with E-state index in [-0.39, 0.29) is 17.6 Å². The van der Waals surface area contributed by atoms with Gasteiger partial charge in [-0.3, -0.25) is 13.9 Å². The zero-order valence-corrected chi connectivity index (χ0v) is 17.9. The molecule has 160 valence electrons. The van der Waals surface area contributed by atoms with Gasteiger partial charge in [0.1, 0.15) is 5.54 Å². The second kappa shape index (κ2) is 9.15. The van der Waals surface area contributed by atoms with Crippen molar-refractivity contribution in [1.29, 1.82) is 0 Å². The Morgan fingerprint density at radius 2 is 1.90 bits per heavy atom. The molecule has 29 heavy (non-hydrogen) atoms. The standard InChI is InChI=1S/C21H31N3O4S/c1-2-3-13-22-20(26)21(11-5-4-6-12-21)23-19(25)17-9-7-10-18(16-17)24-14-8-15-29(24,27)28/h7,9-10,16H,2-6,8,11-15H2,1H3,(H,22,26)(H,23,25). The number of carbonyl (C=O) groups excluding carboxylic acids is 2. The molecule has 1 aromatic carbocycles. The summed E-state index contributed by atoms with van der Waals surface area (Å²) in [5, 5.41) is 5.97. The predicted octanol–water partition coefficient (Wildman–Crippen LogP) is 2.58. The number of benzene rings is 1. The number of amides is 2. The molecule has 3 rings (SSSR count). The maximum absolute atomic E-state index is 13.0. The third-order valence-corrected chi connectivity index (χ3v) is 7.68. The minimum atomic E-state index is -3.31. The van der Waals surface area contributed by atoms with Crippen LogP contribution in [0.15, 0.2) is 24.3 Å². The summed E-state index contributed by atoms with van der Waals surface area (Å²) in [6.45, 7) is 3.10. The van der Waals surface area contributed by atoms with Gasteiger partial charge in [-0.25, -0.2) is 8.42 Å². The molecule has 0 spiro atoms. The maximum Gasteiger partial charge on any atom is 0.252 e. The van der Waals surface area contributed by atoms with Gasteiger partial charge in [-0.05, 0) is 43.9 Å². The lowest BCUT2D eigenvalue weighted by atomic mass is 9.80. The summed E-state index contributed by atoms with van der Waals surface area (Å²) in [7, 11) is -3.31. The Morgan fingerprint density at radius 3 is 2.55 bits per heavy atom. The van der Waals surface area contributed by atoms with Crippen LogP contribution >= 0.6 is 0 Å². The Bertz CT molecular complexity index is 847. The first kappa shape index (κ1) is 21.6. The van der Waals surface area contributed by atoms with Crippen molar-refractivity contribution < 1.29 is 18.0 Å². The summed E-state index contributed by atoms with van der Waals surface area (Å²) in [5.74, 6) is -0.321. The van der Waals surface area contributed by atoms with Crippen molar-refractivity contribution in [3.8, 4) is 0 Å². The Morgan fingerprint density at radius 1 is 1.14 bits per heavy atom. The lowest BCUT2D eigenvalue weighted by Gasteiger charge is -2.36. The Hall–Kier alpha value is -2.09. The number of rotatable bonds is 7. The number of nitrogens with zero attached hydrogens (tertiary/aromatic N) is 1. The van der Waals surface area contributed by atoms with Crippen molar-refractivity contribution in [2.75, 3.05) is 23.1 Å². The molecule has 1 saturated heterocycles. The summed E-state index contributed by atoms with van der Waals surface area (Å²) < 4.78 is 25.8. The third-order valence-electron chi connectivity index (χ3n) is 5.81. The van der Waals surface area contributed by atoms with E-state index in [1.165, 1.54) is 4.31 Å². The number of unbranched alkanes of at least 4 members (excludes halogenated alkanes) is 1. The van der Waals surface area contributed by atoms with Crippen molar-refractivity contribution in [2.24, 2.45) is 0 Å². The molecule has 0 atom stereocenters. The van der Waals surface area contributed by atoms with E-state index >= 15 is 0 Å². The van der Waals surface area contributed by atoms with E-state index in [1.54, 1.807) is 24.3 Å². The van der Waals surface area contributed by atoms with Gasteiger partial charge < -0.3 is 10.6 Å². The van der Waals surface area contributed by atoms with E-state index in [0.29, 0.717) is 43.6 Å². The molecule has 1 aromatic rings. The number of anilines is 1. The minimum absolute atomic E-state index is 0.114. The molecular weight excluding hydrogens is 390 g/mol. The van der Waals surface area contributed by atoms with Crippen LogP contribution in [-0.2, 0) is 14.8 Å². The normalized spacial score (nSPS) is 20.2. The molecule has 2 fully saturated rings. The van der Waals surface area contributed by atoms with Crippen LogP contribution in [0.2, 0.25) is 0 Å². The monoisotopic (exact) mass is 421 g/mol. The number of nitrogens with one attached hydrogen (secondary N) is 2. The maximum atomic E-state index is 13.0. The number of sulfonamides is 1. The van der Waals surface area contributed by atoms with E-state index in [4.69, 9.17) is 0 Å².